The first-order valence-electron chi connectivity index (χ1n) is 9.98. The summed E-state index contributed by atoms with van der Waals surface area (Å²) in [6, 6.07) is 10.9. The van der Waals surface area contributed by atoms with Gasteiger partial charge in [-0.3, -0.25) is 4.72 Å². The third-order valence-corrected chi connectivity index (χ3v) is 6.94. The van der Waals surface area contributed by atoms with E-state index in [4.69, 9.17) is 4.74 Å². The zero-order valence-electron chi connectivity index (χ0n) is 16.3. The number of hydrogen-bond donors (Lipinski definition) is 2. The molecule has 2 N–H and O–H groups in total. The number of nitrogens with zero attached hydrogens (tertiary/aromatic N) is 1. The lowest BCUT2D eigenvalue weighted by Gasteiger charge is -2.19. The Hall–Kier alpha value is -3.05. The largest absolute Gasteiger partial charge is 0.488 e. The van der Waals surface area contributed by atoms with E-state index in [9.17, 15) is 23.6 Å². The van der Waals surface area contributed by atoms with Crippen LogP contribution in [0.25, 0.3) is 0 Å². The number of ether oxygens (including phenoxy) is 1. The van der Waals surface area contributed by atoms with Gasteiger partial charge >= 0.3 is 5.97 Å². The van der Waals surface area contributed by atoms with Gasteiger partial charge in [-0.05, 0) is 80.3 Å². The predicted molar refractivity (Wildman–Crippen MR) is 110 cm³/mol. The van der Waals surface area contributed by atoms with E-state index in [-0.39, 0.29) is 28.2 Å². The molecule has 2 aliphatic carbocycles. The Balaban J connectivity index is 1.72. The molecule has 0 aliphatic heterocycles. The predicted octanol–water partition coefficient (Wildman–Crippen LogP) is 4.26. The van der Waals surface area contributed by atoms with Crippen LogP contribution in [-0.4, -0.2) is 25.6 Å². The number of sulfonamides is 1. The van der Waals surface area contributed by atoms with Gasteiger partial charge in [0.1, 0.15) is 5.75 Å². The van der Waals surface area contributed by atoms with E-state index in [1.807, 2.05) is 6.07 Å². The molecule has 8 heteroatoms. The van der Waals surface area contributed by atoms with E-state index < -0.39 is 16.0 Å². The molecule has 4 rings (SSSR count). The Labute approximate surface area is 175 Å². The van der Waals surface area contributed by atoms with Gasteiger partial charge in [-0.25, -0.2) is 13.2 Å². The van der Waals surface area contributed by atoms with Gasteiger partial charge in [-0.1, -0.05) is 6.07 Å². The highest BCUT2D eigenvalue weighted by atomic mass is 32.2. The van der Waals surface area contributed by atoms with Gasteiger partial charge in [0, 0.05) is 0 Å². The topological polar surface area (TPSA) is 116 Å². The van der Waals surface area contributed by atoms with Gasteiger partial charge in [0.05, 0.1) is 33.9 Å². The Bertz CT molecular complexity index is 1130. The van der Waals surface area contributed by atoms with E-state index >= 15 is 0 Å². The molecule has 30 heavy (non-hydrogen) atoms. The summed E-state index contributed by atoms with van der Waals surface area (Å²) < 4.78 is 35.1. The van der Waals surface area contributed by atoms with E-state index in [2.05, 4.69) is 4.72 Å². The highest BCUT2D eigenvalue weighted by Crippen LogP contribution is 2.43. The highest BCUT2D eigenvalue weighted by Gasteiger charge is 2.32. The monoisotopic (exact) mass is 426 g/mol. The number of benzene rings is 2. The molecule has 0 amide bonds. The summed E-state index contributed by atoms with van der Waals surface area (Å²) in [5.74, 6) is -0.712. The Kier molecular flexibility index (Phi) is 5.39. The van der Waals surface area contributed by atoms with Crippen LogP contribution in [0.1, 0.15) is 65.9 Å². The minimum absolute atomic E-state index is 0.0125. The molecule has 0 radical (unpaired) electrons. The fourth-order valence-electron chi connectivity index (χ4n) is 3.80. The number of carboxylic acid groups (broad SMARTS) is 1. The lowest BCUT2D eigenvalue weighted by atomic mass is 10.1. The summed E-state index contributed by atoms with van der Waals surface area (Å²) in [5.41, 5.74) is 1.01. The van der Waals surface area contributed by atoms with E-state index in [0.717, 1.165) is 38.5 Å². The quantitative estimate of drug-likeness (QED) is 0.683. The molecule has 0 aromatic heterocycles. The Morgan fingerprint density at radius 3 is 2.47 bits per heavy atom. The fraction of sp³-hybridized carbons (Fsp3) is 0.364. The van der Waals surface area contributed by atoms with Crippen LogP contribution in [0.3, 0.4) is 0 Å². The Morgan fingerprint density at radius 2 is 1.83 bits per heavy atom. The van der Waals surface area contributed by atoms with Gasteiger partial charge in [0.2, 0.25) is 0 Å². The summed E-state index contributed by atoms with van der Waals surface area (Å²) in [5, 5.41) is 18.6. The normalized spacial score (nSPS) is 16.8. The maximum atomic E-state index is 13.3. The zero-order valence-corrected chi connectivity index (χ0v) is 17.1. The van der Waals surface area contributed by atoms with Gasteiger partial charge < -0.3 is 9.84 Å². The molecule has 0 atom stereocenters. The lowest BCUT2D eigenvalue weighted by molar-refractivity contribution is 0.0696. The first-order chi connectivity index (χ1) is 14.4. The molecule has 2 fully saturated rings. The van der Waals surface area contributed by atoms with E-state index in [1.54, 1.807) is 18.2 Å². The molecule has 156 valence electrons. The van der Waals surface area contributed by atoms with Crippen molar-refractivity contribution in [2.75, 3.05) is 4.72 Å². The van der Waals surface area contributed by atoms with Crippen molar-refractivity contribution in [2.24, 2.45) is 0 Å². The van der Waals surface area contributed by atoms with Crippen LogP contribution in [0, 0.1) is 11.3 Å². The molecular formula is C22H22N2O5S. The second kappa shape index (κ2) is 8.00. The van der Waals surface area contributed by atoms with Crippen molar-refractivity contribution in [3.8, 4) is 11.8 Å². The van der Waals surface area contributed by atoms with Crippen LogP contribution in [-0.2, 0) is 10.0 Å². The number of carboxylic acids is 1. The van der Waals surface area contributed by atoms with Crippen LogP contribution in [0.2, 0.25) is 0 Å². The van der Waals surface area contributed by atoms with Crippen LogP contribution >= 0.6 is 0 Å². The molecule has 2 saturated carbocycles. The molecule has 0 bridgehead atoms. The zero-order chi connectivity index (χ0) is 21.3. The summed E-state index contributed by atoms with van der Waals surface area (Å²) >= 11 is 0. The molecule has 0 unspecified atom stereocenters. The van der Waals surface area contributed by atoms with Crippen LogP contribution < -0.4 is 9.46 Å². The SMILES string of the molecule is N#Cc1ccc(OC2CCCC2)c(NS(=O)(=O)c2cc(C(=O)O)ccc2C2CC2)c1. The maximum Gasteiger partial charge on any atom is 0.335 e. The summed E-state index contributed by atoms with van der Waals surface area (Å²) in [7, 11) is -4.09. The first-order valence-corrected chi connectivity index (χ1v) is 11.5. The van der Waals surface area contributed by atoms with Crippen LogP contribution in [0.15, 0.2) is 41.3 Å². The van der Waals surface area contributed by atoms with Crippen molar-refractivity contribution < 1.29 is 23.1 Å². The van der Waals surface area contributed by atoms with Gasteiger partial charge in [-0.15, -0.1) is 0 Å². The third kappa shape index (κ3) is 4.26. The number of nitriles is 1. The fourth-order valence-corrected chi connectivity index (χ4v) is 5.19. The van der Waals surface area contributed by atoms with Crippen molar-refractivity contribution >= 4 is 21.7 Å². The van der Waals surface area contributed by atoms with Crippen LogP contribution in [0.5, 0.6) is 5.75 Å². The standard InChI is InChI=1S/C22H22N2O5S/c23-13-14-5-10-20(29-17-3-1-2-4-17)19(11-14)24-30(27,28)21-12-16(22(25)26)8-9-18(21)15-6-7-15/h5,8-12,15,17,24H,1-4,6-7H2,(H,25,26). The molecule has 0 spiro atoms. The number of rotatable bonds is 7. The smallest absolute Gasteiger partial charge is 0.335 e. The van der Waals surface area contributed by atoms with E-state index in [1.165, 1.54) is 18.2 Å². The van der Waals surface area contributed by atoms with Crippen molar-refractivity contribution in [3.63, 3.8) is 0 Å². The number of hydrogen-bond acceptors (Lipinski definition) is 5. The molecule has 0 saturated heterocycles. The third-order valence-electron chi connectivity index (χ3n) is 5.52. The average Bonchev–Trinajstić information content (AvgIpc) is 3.45. The van der Waals surface area contributed by atoms with Gasteiger partial charge in [0.15, 0.2) is 0 Å². The lowest BCUT2D eigenvalue weighted by Crippen LogP contribution is -2.18. The minimum atomic E-state index is -4.09. The van der Waals surface area contributed by atoms with Crippen molar-refractivity contribution in [3.05, 3.63) is 53.1 Å². The number of nitrogens with one attached hydrogen (secondary N) is 1. The van der Waals surface area contributed by atoms with Crippen molar-refractivity contribution in [2.45, 2.75) is 55.4 Å². The number of aromatic carboxylic acids is 1. The second-order valence-electron chi connectivity index (χ2n) is 7.78. The Morgan fingerprint density at radius 1 is 1.10 bits per heavy atom. The summed E-state index contributed by atoms with van der Waals surface area (Å²) in [4.78, 5) is 11.4. The molecule has 7 nitrogen and oxygen atoms in total. The van der Waals surface area contributed by atoms with Gasteiger partial charge in [-0.2, -0.15) is 5.26 Å². The molecule has 0 heterocycles. The molecular weight excluding hydrogens is 404 g/mol. The minimum Gasteiger partial charge on any atom is -0.488 e. The summed E-state index contributed by atoms with van der Waals surface area (Å²) in [6.45, 7) is 0. The molecule has 2 aromatic carbocycles. The first kappa shape index (κ1) is 20.2. The van der Waals surface area contributed by atoms with E-state index in [0.29, 0.717) is 16.9 Å². The summed E-state index contributed by atoms with van der Waals surface area (Å²) in [6.07, 6.45) is 5.68. The van der Waals surface area contributed by atoms with Crippen molar-refractivity contribution in [1.29, 1.82) is 5.26 Å². The molecule has 2 aliphatic rings. The highest BCUT2D eigenvalue weighted by molar-refractivity contribution is 7.92. The average molecular weight is 426 g/mol. The maximum absolute atomic E-state index is 13.3. The molecule has 2 aromatic rings. The van der Waals surface area contributed by atoms with Crippen LogP contribution in [0.4, 0.5) is 5.69 Å². The number of anilines is 1. The number of carbonyl (C=O) groups is 1. The van der Waals surface area contributed by atoms with Crippen molar-refractivity contribution in [1.82, 2.24) is 0 Å². The van der Waals surface area contributed by atoms with Gasteiger partial charge in [0.25, 0.3) is 10.0 Å². The second-order valence-corrected chi connectivity index (χ2v) is 9.44.